The lowest BCUT2D eigenvalue weighted by molar-refractivity contribution is -0.143. The predicted molar refractivity (Wildman–Crippen MR) is 97.9 cm³/mol. The third-order valence-corrected chi connectivity index (χ3v) is 5.39. The van der Waals surface area contributed by atoms with Crippen LogP contribution in [-0.2, 0) is 14.3 Å². The number of hydrogen-bond acceptors (Lipinski definition) is 4. The molecule has 0 bridgehead atoms. The van der Waals surface area contributed by atoms with Gasteiger partial charge in [-0.1, -0.05) is 12.1 Å². The highest BCUT2D eigenvalue weighted by Crippen LogP contribution is 2.25. The molecule has 1 aromatic rings. The van der Waals surface area contributed by atoms with Gasteiger partial charge in [0.05, 0.1) is 5.56 Å². The van der Waals surface area contributed by atoms with Gasteiger partial charge in [-0.3, -0.25) is 9.59 Å². The van der Waals surface area contributed by atoms with Crippen LogP contribution in [0.1, 0.15) is 36.0 Å². The van der Waals surface area contributed by atoms with Gasteiger partial charge in [0.2, 0.25) is 5.91 Å². The molecule has 6 nitrogen and oxygen atoms in total. The Morgan fingerprint density at radius 2 is 1.78 bits per heavy atom. The Morgan fingerprint density at radius 1 is 1.15 bits per heavy atom. The number of amides is 2. The highest BCUT2D eigenvalue weighted by atomic mass is 19.1. The zero-order valence-electron chi connectivity index (χ0n) is 15.7. The van der Waals surface area contributed by atoms with Gasteiger partial charge in [-0.2, -0.15) is 0 Å². The van der Waals surface area contributed by atoms with E-state index in [9.17, 15) is 14.0 Å². The molecule has 1 aromatic carbocycles. The number of rotatable bonds is 5. The first kappa shape index (κ1) is 19.8. The number of nitrogens with zero attached hydrogens (tertiary/aromatic N) is 2. The van der Waals surface area contributed by atoms with Crippen LogP contribution in [0.25, 0.3) is 0 Å². The number of methoxy groups -OCH3 is 1. The van der Waals surface area contributed by atoms with Crippen LogP contribution in [0.5, 0.6) is 0 Å². The van der Waals surface area contributed by atoms with E-state index in [-0.39, 0.29) is 36.1 Å². The Hall–Kier alpha value is -1.99. The molecule has 2 saturated heterocycles. The second-order valence-corrected chi connectivity index (χ2v) is 7.08. The van der Waals surface area contributed by atoms with Crippen LogP contribution in [0.3, 0.4) is 0 Å². The average Bonchev–Trinajstić information content (AvgIpc) is 2.70. The van der Waals surface area contributed by atoms with Gasteiger partial charge in [0.25, 0.3) is 5.91 Å². The average molecular weight is 378 g/mol. The number of benzene rings is 1. The monoisotopic (exact) mass is 378 g/mol. The SMILES string of the molecule is COCC(=O)N(C1CCOCC1)C1CCN(C(=O)c2ccccc2F)CC1. The molecule has 2 fully saturated rings. The molecule has 148 valence electrons. The Balaban J connectivity index is 1.65. The summed E-state index contributed by atoms with van der Waals surface area (Å²) < 4.78 is 24.4. The number of halogens is 1. The molecular weight excluding hydrogens is 351 g/mol. The van der Waals surface area contributed by atoms with Crippen molar-refractivity contribution in [3.05, 3.63) is 35.6 Å². The van der Waals surface area contributed by atoms with E-state index < -0.39 is 5.82 Å². The smallest absolute Gasteiger partial charge is 0.256 e. The third-order valence-electron chi connectivity index (χ3n) is 5.39. The molecule has 0 radical (unpaired) electrons. The van der Waals surface area contributed by atoms with E-state index in [1.807, 2.05) is 4.90 Å². The van der Waals surface area contributed by atoms with E-state index in [0.29, 0.717) is 39.1 Å². The van der Waals surface area contributed by atoms with Gasteiger partial charge in [-0.05, 0) is 37.8 Å². The normalized spacial score (nSPS) is 19.1. The van der Waals surface area contributed by atoms with E-state index in [1.54, 1.807) is 17.0 Å². The lowest BCUT2D eigenvalue weighted by atomic mass is 9.97. The second kappa shape index (κ2) is 9.28. The van der Waals surface area contributed by atoms with Crippen molar-refractivity contribution in [2.75, 3.05) is 40.0 Å². The Kier molecular flexibility index (Phi) is 6.79. The number of carbonyl (C=O) groups is 2. The van der Waals surface area contributed by atoms with Crippen LogP contribution in [-0.4, -0.2) is 73.7 Å². The molecule has 2 amide bonds. The molecule has 0 saturated carbocycles. The maximum absolute atomic E-state index is 13.9. The Bertz CT molecular complexity index is 655. The zero-order valence-corrected chi connectivity index (χ0v) is 15.7. The molecule has 0 aliphatic carbocycles. The third kappa shape index (κ3) is 4.65. The van der Waals surface area contributed by atoms with E-state index in [2.05, 4.69) is 0 Å². The standard InChI is InChI=1S/C20H27FN2O4/c1-26-14-19(24)23(16-8-12-27-13-9-16)15-6-10-22(11-7-15)20(25)17-4-2-3-5-18(17)21/h2-5,15-16H,6-14H2,1H3. The second-order valence-electron chi connectivity index (χ2n) is 7.08. The molecule has 7 heteroatoms. The first-order valence-corrected chi connectivity index (χ1v) is 9.53. The summed E-state index contributed by atoms with van der Waals surface area (Å²) in [7, 11) is 1.52. The maximum atomic E-state index is 13.9. The van der Waals surface area contributed by atoms with Crippen molar-refractivity contribution in [2.24, 2.45) is 0 Å². The summed E-state index contributed by atoms with van der Waals surface area (Å²) in [5.74, 6) is -0.792. The molecular formula is C20H27FN2O4. The Labute approximate surface area is 159 Å². The van der Waals surface area contributed by atoms with Crippen LogP contribution < -0.4 is 0 Å². The molecule has 0 spiro atoms. The van der Waals surface area contributed by atoms with Crippen LogP contribution in [0, 0.1) is 5.82 Å². The Morgan fingerprint density at radius 3 is 2.41 bits per heavy atom. The van der Waals surface area contributed by atoms with Crippen molar-refractivity contribution >= 4 is 11.8 Å². The van der Waals surface area contributed by atoms with Gasteiger partial charge in [0.1, 0.15) is 12.4 Å². The van der Waals surface area contributed by atoms with Gasteiger partial charge in [-0.15, -0.1) is 0 Å². The fourth-order valence-electron chi connectivity index (χ4n) is 4.02. The lowest BCUT2D eigenvalue weighted by Crippen LogP contribution is -2.54. The summed E-state index contributed by atoms with van der Waals surface area (Å²) in [5.41, 5.74) is 0.104. The van der Waals surface area contributed by atoms with Gasteiger partial charge in [0, 0.05) is 45.5 Å². The number of likely N-dealkylation sites (tertiary alicyclic amines) is 1. The van der Waals surface area contributed by atoms with E-state index >= 15 is 0 Å². The van der Waals surface area contributed by atoms with Crippen molar-refractivity contribution in [1.29, 1.82) is 0 Å². The molecule has 2 aliphatic heterocycles. The zero-order chi connectivity index (χ0) is 19.2. The molecule has 0 N–H and O–H groups in total. The molecule has 0 aromatic heterocycles. The molecule has 0 unspecified atom stereocenters. The number of piperidine rings is 1. The van der Waals surface area contributed by atoms with Crippen LogP contribution in [0.2, 0.25) is 0 Å². The summed E-state index contributed by atoms with van der Waals surface area (Å²) in [6, 6.07) is 6.28. The summed E-state index contributed by atoms with van der Waals surface area (Å²) in [6.07, 6.45) is 3.02. The fraction of sp³-hybridized carbons (Fsp3) is 0.600. The number of ether oxygens (including phenoxy) is 2. The molecule has 2 heterocycles. The summed E-state index contributed by atoms with van der Waals surface area (Å²) >= 11 is 0. The first-order valence-electron chi connectivity index (χ1n) is 9.53. The van der Waals surface area contributed by atoms with Gasteiger partial charge in [-0.25, -0.2) is 4.39 Å². The van der Waals surface area contributed by atoms with Crippen LogP contribution in [0.15, 0.2) is 24.3 Å². The fourth-order valence-corrected chi connectivity index (χ4v) is 4.02. The quantitative estimate of drug-likeness (QED) is 0.787. The van der Waals surface area contributed by atoms with Gasteiger partial charge in [0.15, 0.2) is 0 Å². The minimum Gasteiger partial charge on any atom is -0.381 e. The molecule has 2 aliphatic rings. The highest BCUT2D eigenvalue weighted by Gasteiger charge is 2.35. The highest BCUT2D eigenvalue weighted by molar-refractivity contribution is 5.94. The maximum Gasteiger partial charge on any atom is 0.256 e. The minimum atomic E-state index is -0.497. The van der Waals surface area contributed by atoms with Crippen molar-refractivity contribution in [2.45, 2.75) is 37.8 Å². The van der Waals surface area contributed by atoms with E-state index in [1.165, 1.54) is 19.2 Å². The predicted octanol–water partition coefficient (Wildman–Crippen LogP) is 2.08. The lowest BCUT2D eigenvalue weighted by Gasteiger charge is -2.43. The van der Waals surface area contributed by atoms with Crippen molar-refractivity contribution in [3.63, 3.8) is 0 Å². The van der Waals surface area contributed by atoms with Gasteiger partial charge >= 0.3 is 0 Å². The largest absolute Gasteiger partial charge is 0.381 e. The van der Waals surface area contributed by atoms with Crippen molar-refractivity contribution in [1.82, 2.24) is 9.80 Å². The van der Waals surface area contributed by atoms with Crippen molar-refractivity contribution in [3.8, 4) is 0 Å². The first-order chi connectivity index (χ1) is 13.1. The molecule has 3 rings (SSSR count). The molecule has 27 heavy (non-hydrogen) atoms. The van der Waals surface area contributed by atoms with Crippen molar-refractivity contribution < 1.29 is 23.5 Å². The summed E-state index contributed by atoms with van der Waals surface area (Å²) in [4.78, 5) is 28.9. The van der Waals surface area contributed by atoms with E-state index in [0.717, 1.165) is 12.8 Å². The molecule has 0 atom stereocenters. The van der Waals surface area contributed by atoms with Crippen LogP contribution in [0.4, 0.5) is 4.39 Å². The topological polar surface area (TPSA) is 59.1 Å². The number of hydrogen-bond donors (Lipinski definition) is 0. The van der Waals surface area contributed by atoms with E-state index in [4.69, 9.17) is 9.47 Å². The number of carbonyl (C=O) groups excluding carboxylic acids is 2. The van der Waals surface area contributed by atoms with Crippen LogP contribution >= 0.6 is 0 Å². The summed E-state index contributed by atoms with van der Waals surface area (Å²) in [6.45, 7) is 2.40. The minimum absolute atomic E-state index is 0.0109. The van der Waals surface area contributed by atoms with Gasteiger partial charge < -0.3 is 19.3 Å². The summed E-state index contributed by atoms with van der Waals surface area (Å²) in [5, 5.41) is 0.